The highest BCUT2D eigenvalue weighted by molar-refractivity contribution is 5.85. The van der Waals surface area contributed by atoms with Crippen LogP contribution in [0.2, 0.25) is 0 Å². The number of nitrogens with one attached hydrogen (secondary N) is 1. The lowest BCUT2D eigenvalue weighted by molar-refractivity contribution is 0.414. The molecule has 20 heavy (non-hydrogen) atoms. The Hall–Kier alpha value is -1.75. The van der Waals surface area contributed by atoms with Crippen molar-refractivity contribution in [1.29, 1.82) is 0 Å². The quantitative estimate of drug-likeness (QED) is 0.890. The molecule has 1 aromatic heterocycles. The number of alkyl halides is 1. The molecule has 0 spiro atoms. The van der Waals surface area contributed by atoms with Crippen LogP contribution in [0.4, 0.5) is 10.1 Å². The molecule has 0 atom stereocenters. The average Bonchev–Trinajstić information content (AvgIpc) is 2.78. The number of hydrogen-bond acceptors (Lipinski definition) is 3. The smallest absolute Gasteiger partial charge is 0.118 e. The second-order valence-electron chi connectivity index (χ2n) is 4.28. The number of rotatable bonds is 6. The SMILES string of the molecule is COc1ccc(CNc2cn(CCF)nc2C)cc1.Cl. The summed E-state index contributed by atoms with van der Waals surface area (Å²) in [6.07, 6.45) is 1.83. The van der Waals surface area contributed by atoms with Crippen LogP contribution in [0.5, 0.6) is 5.75 Å². The first-order valence-corrected chi connectivity index (χ1v) is 6.19. The molecule has 0 amide bonds. The molecule has 1 N–H and O–H groups in total. The zero-order chi connectivity index (χ0) is 13.7. The summed E-state index contributed by atoms with van der Waals surface area (Å²) in [5.74, 6) is 0.843. The Morgan fingerprint density at radius 2 is 2.00 bits per heavy atom. The van der Waals surface area contributed by atoms with Gasteiger partial charge in [0.2, 0.25) is 0 Å². The van der Waals surface area contributed by atoms with Gasteiger partial charge in [-0.25, -0.2) is 4.39 Å². The second-order valence-corrected chi connectivity index (χ2v) is 4.28. The van der Waals surface area contributed by atoms with Gasteiger partial charge in [0.1, 0.15) is 12.4 Å². The molecule has 0 aliphatic rings. The first-order chi connectivity index (χ1) is 9.22. The van der Waals surface area contributed by atoms with Crippen molar-refractivity contribution in [2.75, 3.05) is 19.1 Å². The third-order valence-electron chi connectivity index (χ3n) is 2.90. The molecule has 0 fully saturated rings. The Kier molecular flexibility index (Phi) is 6.31. The van der Waals surface area contributed by atoms with E-state index in [1.54, 1.807) is 11.8 Å². The van der Waals surface area contributed by atoms with Gasteiger partial charge in [0.15, 0.2) is 0 Å². The van der Waals surface area contributed by atoms with E-state index in [4.69, 9.17) is 4.74 Å². The minimum Gasteiger partial charge on any atom is -0.497 e. The predicted octanol–water partition coefficient (Wildman–Crippen LogP) is 3.20. The molecule has 0 unspecified atom stereocenters. The van der Waals surface area contributed by atoms with Gasteiger partial charge in [-0.05, 0) is 24.6 Å². The van der Waals surface area contributed by atoms with E-state index in [0.29, 0.717) is 13.1 Å². The minimum absolute atomic E-state index is 0. The Labute approximate surface area is 124 Å². The molecule has 2 rings (SSSR count). The van der Waals surface area contributed by atoms with E-state index in [9.17, 15) is 4.39 Å². The van der Waals surface area contributed by atoms with E-state index in [0.717, 1.165) is 22.7 Å². The molecule has 0 aliphatic heterocycles. The predicted molar refractivity (Wildman–Crippen MR) is 80.5 cm³/mol. The van der Waals surface area contributed by atoms with Gasteiger partial charge in [0.25, 0.3) is 0 Å². The first-order valence-electron chi connectivity index (χ1n) is 6.19. The van der Waals surface area contributed by atoms with Crippen LogP contribution in [0, 0.1) is 6.92 Å². The van der Waals surface area contributed by atoms with Crippen molar-refractivity contribution in [2.45, 2.75) is 20.0 Å². The molecule has 0 saturated carbocycles. The summed E-state index contributed by atoms with van der Waals surface area (Å²) in [6.45, 7) is 2.50. The van der Waals surface area contributed by atoms with Gasteiger partial charge in [0.05, 0.1) is 25.0 Å². The number of methoxy groups -OCH3 is 1. The van der Waals surface area contributed by atoms with Crippen LogP contribution in [0.3, 0.4) is 0 Å². The fourth-order valence-corrected chi connectivity index (χ4v) is 1.83. The van der Waals surface area contributed by atoms with Gasteiger partial charge in [-0.1, -0.05) is 12.1 Å². The summed E-state index contributed by atoms with van der Waals surface area (Å²) in [4.78, 5) is 0. The molecule has 0 bridgehead atoms. The molecular weight excluding hydrogens is 281 g/mol. The molecule has 2 aromatic rings. The molecule has 1 heterocycles. The Balaban J connectivity index is 0.00000200. The molecule has 6 heteroatoms. The van der Waals surface area contributed by atoms with Crippen LogP contribution in [0.15, 0.2) is 30.5 Å². The van der Waals surface area contributed by atoms with Crippen LogP contribution in [-0.4, -0.2) is 23.6 Å². The maximum atomic E-state index is 12.2. The van der Waals surface area contributed by atoms with Crippen molar-refractivity contribution in [3.63, 3.8) is 0 Å². The second kappa shape index (κ2) is 7.75. The van der Waals surface area contributed by atoms with Gasteiger partial charge >= 0.3 is 0 Å². The lowest BCUT2D eigenvalue weighted by Crippen LogP contribution is -2.00. The van der Waals surface area contributed by atoms with Gasteiger partial charge in [-0.3, -0.25) is 4.68 Å². The highest BCUT2D eigenvalue weighted by Gasteiger charge is 2.04. The van der Waals surface area contributed by atoms with Crippen LogP contribution >= 0.6 is 12.4 Å². The van der Waals surface area contributed by atoms with Crippen LogP contribution in [0.25, 0.3) is 0 Å². The lowest BCUT2D eigenvalue weighted by Gasteiger charge is -2.06. The monoisotopic (exact) mass is 299 g/mol. The average molecular weight is 300 g/mol. The van der Waals surface area contributed by atoms with E-state index in [1.165, 1.54) is 0 Å². The molecule has 0 saturated heterocycles. The summed E-state index contributed by atoms with van der Waals surface area (Å²) in [6, 6.07) is 7.87. The lowest BCUT2D eigenvalue weighted by atomic mass is 10.2. The summed E-state index contributed by atoms with van der Waals surface area (Å²) in [5, 5.41) is 7.53. The van der Waals surface area contributed by atoms with Crippen molar-refractivity contribution in [2.24, 2.45) is 0 Å². The first kappa shape index (κ1) is 16.3. The van der Waals surface area contributed by atoms with Crippen LogP contribution < -0.4 is 10.1 Å². The molecule has 0 radical (unpaired) electrons. The number of ether oxygens (including phenoxy) is 1. The topological polar surface area (TPSA) is 39.1 Å². The van der Waals surface area contributed by atoms with Crippen LogP contribution in [-0.2, 0) is 13.1 Å². The van der Waals surface area contributed by atoms with E-state index in [2.05, 4.69) is 10.4 Å². The maximum Gasteiger partial charge on any atom is 0.118 e. The van der Waals surface area contributed by atoms with Crippen molar-refractivity contribution < 1.29 is 9.13 Å². The summed E-state index contributed by atoms with van der Waals surface area (Å²) in [5.41, 5.74) is 2.96. The van der Waals surface area contributed by atoms with Gasteiger partial charge in [-0.15, -0.1) is 12.4 Å². The van der Waals surface area contributed by atoms with Crippen molar-refractivity contribution in [3.8, 4) is 5.75 Å². The Morgan fingerprint density at radius 3 is 2.60 bits per heavy atom. The summed E-state index contributed by atoms with van der Waals surface area (Å²) < 4.78 is 19.0. The molecule has 110 valence electrons. The largest absolute Gasteiger partial charge is 0.497 e. The third kappa shape index (κ3) is 4.13. The Bertz CT molecular complexity index is 528. The van der Waals surface area contributed by atoms with Crippen molar-refractivity contribution >= 4 is 18.1 Å². The fourth-order valence-electron chi connectivity index (χ4n) is 1.83. The maximum absolute atomic E-state index is 12.2. The van der Waals surface area contributed by atoms with Crippen LogP contribution in [0.1, 0.15) is 11.3 Å². The third-order valence-corrected chi connectivity index (χ3v) is 2.90. The molecular formula is C14H19ClFN3O. The van der Waals surface area contributed by atoms with Gasteiger partial charge < -0.3 is 10.1 Å². The van der Waals surface area contributed by atoms with E-state index in [-0.39, 0.29) is 12.4 Å². The zero-order valence-electron chi connectivity index (χ0n) is 11.6. The zero-order valence-corrected chi connectivity index (χ0v) is 12.4. The van der Waals surface area contributed by atoms with E-state index in [1.807, 2.05) is 37.4 Å². The highest BCUT2D eigenvalue weighted by Crippen LogP contribution is 2.16. The number of hydrogen-bond donors (Lipinski definition) is 1. The highest BCUT2D eigenvalue weighted by atomic mass is 35.5. The summed E-state index contributed by atoms with van der Waals surface area (Å²) in [7, 11) is 1.65. The van der Waals surface area contributed by atoms with Gasteiger partial charge in [0, 0.05) is 12.7 Å². The standard InChI is InChI=1S/C14H18FN3O.ClH/c1-11-14(10-18(17-11)8-7-15)16-9-12-3-5-13(19-2)6-4-12;/h3-6,10,16H,7-9H2,1-2H3;1H. The van der Waals surface area contributed by atoms with Gasteiger partial charge in [-0.2, -0.15) is 5.10 Å². The van der Waals surface area contributed by atoms with Crippen molar-refractivity contribution in [3.05, 3.63) is 41.7 Å². The molecule has 4 nitrogen and oxygen atoms in total. The number of halogens is 2. The van der Waals surface area contributed by atoms with Crippen molar-refractivity contribution in [1.82, 2.24) is 9.78 Å². The molecule has 1 aromatic carbocycles. The number of aryl methyl sites for hydroxylation is 2. The minimum atomic E-state index is -0.404. The summed E-state index contributed by atoms with van der Waals surface area (Å²) >= 11 is 0. The number of nitrogens with zero attached hydrogens (tertiary/aromatic N) is 2. The number of anilines is 1. The Morgan fingerprint density at radius 1 is 1.30 bits per heavy atom. The number of benzene rings is 1. The van der Waals surface area contributed by atoms with E-state index < -0.39 is 6.67 Å². The van der Waals surface area contributed by atoms with E-state index >= 15 is 0 Å². The fraction of sp³-hybridized carbons (Fsp3) is 0.357. The number of aromatic nitrogens is 2. The normalized spacial score (nSPS) is 9.95. The molecule has 0 aliphatic carbocycles.